The predicted molar refractivity (Wildman–Crippen MR) is 62.9 cm³/mol. The minimum absolute atomic E-state index is 0.117. The predicted octanol–water partition coefficient (Wildman–Crippen LogP) is 2.16. The molecule has 0 spiro atoms. The molecule has 2 N–H and O–H groups in total. The van der Waals surface area contributed by atoms with Crippen molar-refractivity contribution in [3.05, 3.63) is 24.6 Å². The molecular weight excluding hydrogens is 188 g/mol. The third-order valence-corrected chi connectivity index (χ3v) is 2.56. The zero-order valence-corrected chi connectivity index (χ0v) is 9.69. The lowest BCUT2D eigenvalue weighted by Crippen LogP contribution is -2.39. The van der Waals surface area contributed by atoms with Gasteiger partial charge in [-0.25, -0.2) is 0 Å². The number of allylic oxidation sites excluding steroid dienone is 1. The first-order valence-corrected chi connectivity index (χ1v) is 5.80. The lowest BCUT2D eigenvalue weighted by Gasteiger charge is -2.25. The molecule has 1 aliphatic heterocycles. The molecule has 2 unspecified atom stereocenters. The molecule has 3 heteroatoms. The molecule has 0 aromatic rings. The van der Waals surface area contributed by atoms with Gasteiger partial charge in [0, 0.05) is 12.4 Å². The maximum absolute atomic E-state index is 9.46. The van der Waals surface area contributed by atoms with E-state index in [1.54, 1.807) is 6.92 Å². The molecule has 0 aliphatic carbocycles. The minimum Gasteiger partial charge on any atom is -0.374 e. The lowest BCUT2D eigenvalue weighted by atomic mass is 10.2. The van der Waals surface area contributed by atoms with Gasteiger partial charge < -0.3 is 15.3 Å². The Morgan fingerprint density at radius 1 is 1.53 bits per heavy atom. The fourth-order valence-electron chi connectivity index (χ4n) is 1.66. The summed E-state index contributed by atoms with van der Waals surface area (Å²) in [5, 5.41) is 12.6. The largest absolute Gasteiger partial charge is 0.374 e. The quantitative estimate of drug-likeness (QED) is 0.521. The summed E-state index contributed by atoms with van der Waals surface area (Å²) in [6.45, 7) is 3.98. The Morgan fingerprint density at radius 3 is 3.00 bits per heavy atom. The number of hydrogen-bond donors (Lipinski definition) is 2. The molecule has 0 radical (unpaired) electrons. The summed E-state index contributed by atoms with van der Waals surface area (Å²) in [5.41, 5.74) is 0. The van der Waals surface area contributed by atoms with Crippen LogP contribution in [-0.2, 0) is 0 Å². The molecule has 2 atom stereocenters. The van der Waals surface area contributed by atoms with Crippen molar-refractivity contribution in [2.75, 3.05) is 0 Å². The fraction of sp³-hybridized carbons (Fsp3) is 0.667. The second-order valence-electron chi connectivity index (χ2n) is 3.93. The fourth-order valence-corrected chi connectivity index (χ4v) is 1.66. The maximum atomic E-state index is 9.46. The Kier molecular flexibility index (Phi) is 5.26. The van der Waals surface area contributed by atoms with Crippen LogP contribution in [0.3, 0.4) is 0 Å². The van der Waals surface area contributed by atoms with Crippen LogP contribution in [-0.4, -0.2) is 22.4 Å². The average Bonchev–Trinajstić information content (AvgIpc) is 2.66. The van der Waals surface area contributed by atoms with Gasteiger partial charge in [-0.2, -0.15) is 0 Å². The van der Waals surface area contributed by atoms with E-state index in [1.165, 1.54) is 19.3 Å². The van der Waals surface area contributed by atoms with E-state index in [4.69, 9.17) is 0 Å². The highest BCUT2D eigenvalue weighted by atomic mass is 16.3. The zero-order chi connectivity index (χ0) is 11.1. The van der Waals surface area contributed by atoms with Gasteiger partial charge in [0.2, 0.25) is 0 Å². The minimum atomic E-state index is -0.443. The van der Waals surface area contributed by atoms with E-state index in [-0.39, 0.29) is 6.17 Å². The molecule has 0 saturated heterocycles. The lowest BCUT2D eigenvalue weighted by molar-refractivity contribution is 0.0408. The van der Waals surface area contributed by atoms with Crippen molar-refractivity contribution in [1.29, 1.82) is 0 Å². The number of nitrogens with zero attached hydrogens (tertiary/aromatic N) is 1. The standard InChI is InChI=1S/C12H22N2O/c1-3-4-5-6-7-8-12-13-9-10-14(12)11(2)15/h7-13,15H,3-6H2,1-2H3/b8-7+. The molecule has 0 bridgehead atoms. The number of aliphatic hydroxyl groups excluding tert-OH is 1. The topological polar surface area (TPSA) is 35.5 Å². The van der Waals surface area contributed by atoms with E-state index in [0.717, 1.165) is 6.42 Å². The summed E-state index contributed by atoms with van der Waals surface area (Å²) in [4.78, 5) is 1.89. The van der Waals surface area contributed by atoms with Gasteiger partial charge in [-0.15, -0.1) is 0 Å². The monoisotopic (exact) mass is 210 g/mol. The van der Waals surface area contributed by atoms with Gasteiger partial charge >= 0.3 is 0 Å². The first kappa shape index (κ1) is 12.1. The zero-order valence-electron chi connectivity index (χ0n) is 9.69. The van der Waals surface area contributed by atoms with Gasteiger partial charge in [0.1, 0.15) is 12.4 Å². The van der Waals surface area contributed by atoms with E-state index in [0.29, 0.717) is 0 Å². The molecule has 0 saturated carbocycles. The average molecular weight is 210 g/mol. The molecule has 1 rings (SSSR count). The van der Waals surface area contributed by atoms with Crippen molar-refractivity contribution in [3.63, 3.8) is 0 Å². The van der Waals surface area contributed by atoms with Crippen LogP contribution in [0.5, 0.6) is 0 Å². The Balaban J connectivity index is 2.26. The van der Waals surface area contributed by atoms with Crippen LogP contribution >= 0.6 is 0 Å². The van der Waals surface area contributed by atoms with Gasteiger partial charge in [-0.3, -0.25) is 0 Å². The molecule has 15 heavy (non-hydrogen) atoms. The van der Waals surface area contributed by atoms with Crippen LogP contribution < -0.4 is 5.32 Å². The van der Waals surface area contributed by atoms with Crippen LogP contribution in [0.25, 0.3) is 0 Å². The van der Waals surface area contributed by atoms with Gasteiger partial charge in [0.25, 0.3) is 0 Å². The third kappa shape index (κ3) is 3.96. The molecule has 0 aromatic heterocycles. The van der Waals surface area contributed by atoms with Crippen LogP contribution in [0.4, 0.5) is 0 Å². The molecule has 0 fully saturated rings. The summed E-state index contributed by atoms with van der Waals surface area (Å²) in [5.74, 6) is 0. The van der Waals surface area contributed by atoms with Crippen molar-refractivity contribution in [3.8, 4) is 0 Å². The van der Waals surface area contributed by atoms with Gasteiger partial charge in [-0.05, 0) is 25.8 Å². The highest BCUT2D eigenvalue weighted by Crippen LogP contribution is 2.10. The number of rotatable bonds is 6. The van der Waals surface area contributed by atoms with E-state index in [9.17, 15) is 5.11 Å². The van der Waals surface area contributed by atoms with E-state index in [1.807, 2.05) is 17.3 Å². The highest BCUT2D eigenvalue weighted by molar-refractivity contribution is 5.04. The van der Waals surface area contributed by atoms with E-state index < -0.39 is 6.23 Å². The van der Waals surface area contributed by atoms with Crippen molar-refractivity contribution < 1.29 is 5.11 Å². The Bertz CT molecular complexity index is 224. The molecule has 1 heterocycles. The first-order chi connectivity index (χ1) is 7.25. The number of aliphatic hydroxyl groups is 1. The van der Waals surface area contributed by atoms with Crippen molar-refractivity contribution in [1.82, 2.24) is 10.2 Å². The second kappa shape index (κ2) is 6.51. The van der Waals surface area contributed by atoms with Crippen LogP contribution in [0.2, 0.25) is 0 Å². The normalized spacial score (nSPS) is 22.3. The van der Waals surface area contributed by atoms with Crippen molar-refractivity contribution in [2.24, 2.45) is 0 Å². The highest BCUT2D eigenvalue weighted by Gasteiger charge is 2.18. The van der Waals surface area contributed by atoms with Gasteiger partial charge in [0.15, 0.2) is 0 Å². The van der Waals surface area contributed by atoms with Crippen LogP contribution in [0.15, 0.2) is 24.6 Å². The van der Waals surface area contributed by atoms with E-state index in [2.05, 4.69) is 24.4 Å². The SMILES string of the molecule is CCCCC/C=C/C1NC=CN1C(C)O. The number of nitrogens with one attached hydrogen (secondary N) is 1. The Hall–Kier alpha value is -0.960. The molecule has 0 amide bonds. The van der Waals surface area contributed by atoms with Gasteiger partial charge in [-0.1, -0.05) is 25.8 Å². The Morgan fingerprint density at radius 2 is 2.33 bits per heavy atom. The molecule has 3 nitrogen and oxygen atoms in total. The molecule has 1 aliphatic rings. The first-order valence-electron chi connectivity index (χ1n) is 5.80. The summed E-state index contributed by atoms with van der Waals surface area (Å²) in [6, 6.07) is 0. The summed E-state index contributed by atoms with van der Waals surface area (Å²) >= 11 is 0. The number of unbranched alkanes of at least 4 members (excludes halogenated alkanes) is 3. The maximum Gasteiger partial charge on any atom is 0.125 e. The molecular formula is C12H22N2O. The van der Waals surface area contributed by atoms with Crippen LogP contribution in [0, 0.1) is 0 Å². The summed E-state index contributed by atoms with van der Waals surface area (Å²) < 4.78 is 0. The van der Waals surface area contributed by atoms with Crippen molar-refractivity contribution in [2.45, 2.75) is 51.9 Å². The molecule has 86 valence electrons. The third-order valence-electron chi connectivity index (χ3n) is 2.56. The Labute approximate surface area is 92.5 Å². The summed E-state index contributed by atoms with van der Waals surface area (Å²) in [7, 11) is 0. The smallest absolute Gasteiger partial charge is 0.125 e. The molecule has 0 aromatic carbocycles. The van der Waals surface area contributed by atoms with Crippen molar-refractivity contribution >= 4 is 0 Å². The van der Waals surface area contributed by atoms with E-state index >= 15 is 0 Å². The summed E-state index contributed by atoms with van der Waals surface area (Å²) in [6.07, 6.45) is 12.7. The second-order valence-corrected chi connectivity index (χ2v) is 3.93. The van der Waals surface area contributed by atoms with Crippen LogP contribution in [0.1, 0.15) is 39.5 Å². The van der Waals surface area contributed by atoms with Gasteiger partial charge in [0.05, 0.1) is 0 Å². The number of hydrogen-bond acceptors (Lipinski definition) is 3.